The Morgan fingerprint density at radius 1 is 1.31 bits per heavy atom. The molecule has 0 aromatic carbocycles. The third-order valence-corrected chi connectivity index (χ3v) is 3.61. The van der Waals surface area contributed by atoms with Crippen LogP contribution in [0.15, 0.2) is 4.99 Å². The van der Waals surface area contributed by atoms with Crippen molar-refractivity contribution in [2.24, 2.45) is 16.8 Å². The summed E-state index contributed by atoms with van der Waals surface area (Å²) in [6.45, 7) is 3.34. The summed E-state index contributed by atoms with van der Waals surface area (Å²) in [6, 6.07) is 0. The number of nitrogens with one attached hydrogen (secondary N) is 2. The molecule has 1 aliphatic heterocycles. The van der Waals surface area contributed by atoms with E-state index in [0.717, 1.165) is 38.4 Å². The Morgan fingerprint density at radius 2 is 2.19 bits per heavy atom. The standard InChI is InChI=1S/C12H23N3O/c16-9-11-4-1-3-10(7-11)8-15-12-13-5-2-6-14-12/h10-11,16H,1-9H2,(H2,13,14,15)/t10-,11+/m0/s1. The zero-order valence-electron chi connectivity index (χ0n) is 9.91. The summed E-state index contributed by atoms with van der Waals surface area (Å²) in [6.07, 6.45) is 6.05. The summed E-state index contributed by atoms with van der Waals surface area (Å²) in [7, 11) is 0. The Hall–Kier alpha value is -0.770. The number of nitrogens with zero attached hydrogens (tertiary/aromatic N) is 1. The summed E-state index contributed by atoms with van der Waals surface area (Å²) in [5.74, 6) is 2.21. The summed E-state index contributed by atoms with van der Waals surface area (Å²) >= 11 is 0. The molecule has 0 saturated heterocycles. The van der Waals surface area contributed by atoms with Crippen LogP contribution in [0.2, 0.25) is 0 Å². The van der Waals surface area contributed by atoms with E-state index in [9.17, 15) is 0 Å². The minimum Gasteiger partial charge on any atom is -0.396 e. The van der Waals surface area contributed by atoms with Gasteiger partial charge in [-0.25, -0.2) is 0 Å². The first kappa shape index (κ1) is 11.7. The van der Waals surface area contributed by atoms with Crippen LogP contribution < -0.4 is 10.6 Å². The molecule has 16 heavy (non-hydrogen) atoms. The van der Waals surface area contributed by atoms with E-state index in [1.807, 2.05) is 0 Å². The van der Waals surface area contributed by atoms with Crippen LogP contribution in [-0.2, 0) is 0 Å². The van der Waals surface area contributed by atoms with Gasteiger partial charge in [0.1, 0.15) is 0 Å². The molecule has 1 heterocycles. The molecule has 1 saturated carbocycles. The van der Waals surface area contributed by atoms with E-state index in [1.165, 1.54) is 19.3 Å². The molecule has 0 unspecified atom stereocenters. The van der Waals surface area contributed by atoms with E-state index in [2.05, 4.69) is 15.6 Å². The van der Waals surface area contributed by atoms with E-state index in [-0.39, 0.29) is 0 Å². The molecule has 2 aliphatic rings. The largest absolute Gasteiger partial charge is 0.396 e. The average molecular weight is 225 g/mol. The van der Waals surface area contributed by atoms with E-state index in [0.29, 0.717) is 18.4 Å². The van der Waals surface area contributed by atoms with Crippen molar-refractivity contribution in [2.75, 3.05) is 26.2 Å². The second kappa shape index (κ2) is 6.09. The van der Waals surface area contributed by atoms with Gasteiger partial charge in [0, 0.05) is 26.2 Å². The maximum absolute atomic E-state index is 9.17. The monoisotopic (exact) mass is 225 g/mol. The first-order chi connectivity index (χ1) is 7.88. The molecule has 92 valence electrons. The molecule has 2 atom stereocenters. The predicted molar refractivity (Wildman–Crippen MR) is 65.5 cm³/mol. The molecule has 0 spiro atoms. The van der Waals surface area contributed by atoms with Crippen molar-refractivity contribution in [1.82, 2.24) is 10.6 Å². The highest BCUT2D eigenvalue weighted by atomic mass is 16.3. The number of hydrogen-bond acceptors (Lipinski definition) is 4. The van der Waals surface area contributed by atoms with Crippen molar-refractivity contribution >= 4 is 5.96 Å². The molecule has 1 aliphatic carbocycles. The van der Waals surface area contributed by atoms with Gasteiger partial charge < -0.3 is 15.7 Å². The number of aliphatic hydroxyl groups is 1. The summed E-state index contributed by atoms with van der Waals surface area (Å²) in [4.78, 5) is 4.40. The second-order valence-corrected chi connectivity index (χ2v) is 4.97. The van der Waals surface area contributed by atoms with Crippen LogP contribution in [0, 0.1) is 11.8 Å². The van der Waals surface area contributed by atoms with Gasteiger partial charge in [0.15, 0.2) is 5.96 Å². The smallest absolute Gasteiger partial charge is 0.191 e. The second-order valence-electron chi connectivity index (χ2n) is 4.97. The fourth-order valence-corrected chi connectivity index (χ4v) is 2.65. The number of hydrogen-bond donors (Lipinski definition) is 3. The summed E-state index contributed by atoms with van der Waals surface area (Å²) in [5, 5.41) is 15.8. The molecule has 1 fully saturated rings. The molecule has 4 nitrogen and oxygen atoms in total. The van der Waals surface area contributed by atoms with Crippen LogP contribution in [0.5, 0.6) is 0 Å². The fraction of sp³-hybridized carbons (Fsp3) is 0.917. The normalized spacial score (nSPS) is 30.4. The van der Waals surface area contributed by atoms with E-state index in [1.54, 1.807) is 0 Å². The minimum atomic E-state index is 0.357. The lowest BCUT2D eigenvalue weighted by atomic mass is 9.82. The Labute approximate surface area is 97.5 Å². The van der Waals surface area contributed by atoms with Gasteiger partial charge in [0.05, 0.1) is 0 Å². The first-order valence-electron chi connectivity index (χ1n) is 6.51. The molecule has 0 aromatic rings. The van der Waals surface area contributed by atoms with Gasteiger partial charge in [0.2, 0.25) is 0 Å². The fourth-order valence-electron chi connectivity index (χ4n) is 2.65. The Morgan fingerprint density at radius 3 is 2.94 bits per heavy atom. The molecule has 2 rings (SSSR count). The van der Waals surface area contributed by atoms with Crippen molar-refractivity contribution in [1.29, 1.82) is 0 Å². The van der Waals surface area contributed by atoms with Crippen LogP contribution in [-0.4, -0.2) is 37.3 Å². The molecular weight excluding hydrogens is 202 g/mol. The van der Waals surface area contributed by atoms with Gasteiger partial charge in [-0.2, -0.15) is 0 Å². The van der Waals surface area contributed by atoms with Gasteiger partial charge in [-0.3, -0.25) is 4.99 Å². The van der Waals surface area contributed by atoms with Gasteiger partial charge >= 0.3 is 0 Å². The van der Waals surface area contributed by atoms with Crippen LogP contribution in [0.1, 0.15) is 32.1 Å². The molecule has 0 amide bonds. The maximum Gasteiger partial charge on any atom is 0.191 e. The van der Waals surface area contributed by atoms with Crippen LogP contribution in [0.3, 0.4) is 0 Å². The van der Waals surface area contributed by atoms with Gasteiger partial charge in [-0.1, -0.05) is 6.42 Å². The van der Waals surface area contributed by atoms with Crippen molar-refractivity contribution in [3.05, 3.63) is 0 Å². The Kier molecular flexibility index (Phi) is 4.45. The highest BCUT2D eigenvalue weighted by Crippen LogP contribution is 2.28. The lowest BCUT2D eigenvalue weighted by Crippen LogP contribution is -2.43. The number of guanidine groups is 1. The Balaban J connectivity index is 1.70. The number of aliphatic hydroxyl groups excluding tert-OH is 1. The average Bonchev–Trinajstić information content (AvgIpc) is 2.38. The topological polar surface area (TPSA) is 56.6 Å². The van der Waals surface area contributed by atoms with Crippen LogP contribution >= 0.6 is 0 Å². The van der Waals surface area contributed by atoms with Crippen molar-refractivity contribution in [2.45, 2.75) is 32.1 Å². The van der Waals surface area contributed by atoms with Gasteiger partial charge in [-0.05, 0) is 37.5 Å². The van der Waals surface area contributed by atoms with Crippen molar-refractivity contribution < 1.29 is 5.11 Å². The molecule has 0 bridgehead atoms. The zero-order chi connectivity index (χ0) is 11.2. The summed E-state index contributed by atoms with van der Waals surface area (Å²) in [5.41, 5.74) is 0. The summed E-state index contributed by atoms with van der Waals surface area (Å²) < 4.78 is 0. The van der Waals surface area contributed by atoms with Crippen LogP contribution in [0.25, 0.3) is 0 Å². The van der Waals surface area contributed by atoms with Gasteiger partial charge in [0.25, 0.3) is 0 Å². The third-order valence-electron chi connectivity index (χ3n) is 3.61. The SMILES string of the molecule is OC[C@@H]1CCC[C@H](CNC2=NCCCN2)C1. The number of rotatable bonds is 3. The van der Waals surface area contributed by atoms with Crippen molar-refractivity contribution in [3.63, 3.8) is 0 Å². The third kappa shape index (κ3) is 3.37. The first-order valence-corrected chi connectivity index (χ1v) is 6.51. The van der Waals surface area contributed by atoms with E-state index in [4.69, 9.17) is 5.11 Å². The number of aliphatic imine (C=N–C) groups is 1. The molecule has 0 radical (unpaired) electrons. The Bertz CT molecular complexity index is 242. The quantitative estimate of drug-likeness (QED) is 0.663. The lowest BCUT2D eigenvalue weighted by molar-refractivity contribution is 0.161. The van der Waals surface area contributed by atoms with E-state index < -0.39 is 0 Å². The highest BCUT2D eigenvalue weighted by Gasteiger charge is 2.21. The highest BCUT2D eigenvalue weighted by molar-refractivity contribution is 5.80. The molecule has 3 N–H and O–H groups in total. The van der Waals surface area contributed by atoms with Gasteiger partial charge in [-0.15, -0.1) is 0 Å². The maximum atomic E-state index is 9.17. The van der Waals surface area contributed by atoms with Crippen molar-refractivity contribution in [3.8, 4) is 0 Å². The molecule has 4 heteroatoms. The minimum absolute atomic E-state index is 0.357. The lowest BCUT2D eigenvalue weighted by Gasteiger charge is -2.28. The molecular formula is C12H23N3O. The van der Waals surface area contributed by atoms with Crippen LogP contribution in [0.4, 0.5) is 0 Å². The predicted octanol–water partition coefficient (Wildman–Crippen LogP) is 0.724. The zero-order valence-corrected chi connectivity index (χ0v) is 9.91. The molecule has 0 aromatic heterocycles. The van der Waals surface area contributed by atoms with E-state index >= 15 is 0 Å².